The Kier molecular flexibility index (Phi) is 5.67. The van der Waals surface area contributed by atoms with Crippen LogP contribution in [0.2, 0.25) is 0 Å². The molecule has 0 radical (unpaired) electrons. The van der Waals surface area contributed by atoms with Crippen molar-refractivity contribution in [3.05, 3.63) is 0 Å². The van der Waals surface area contributed by atoms with Crippen molar-refractivity contribution in [3.63, 3.8) is 0 Å². The van der Waals surface area contributed by atoms with Gasteiger partial charge in [-0.05, 0) is 34.1 Å². The molecule has 0 aliphatic heterocycles. The van der Waals surface area contributed by atoms with Gasteiger partial charge in [-0.1, -0.05) is 13.3 Å². The van der Waals surface area contributed by atoms with Gasteiger partial charge in [0.2, 0.25) is 10.0 Å². The first-order chi connectivity index (χ1) is 6.33. The molecule has 14 heavy (non-hydrogen) atoms. The van der Waals surface area contributed by atoms with Crippen LogP contribution >= 0.6 is 0 Å². The minimum absolute atomic E-state index is 0.0526. The molecule has 0 aromatic rings. The number of hydrogen-bond donors (Lipinski definition) is 0. The van der Waals surface area contributed by atoms with Crippen LogP contribution in [0.1, 0.15) is 47.5 Å². The lowest BCUT2D eigenvalue weighted by atomic mass is 10.3. The highest BCUT2D eigenvalue weighted by atomic mass is 32.2. The zero-order chi connectivity index (χ0) is 11.4. The largest absolute Gasteiger partial charge is 0.214 e. The molecular formula is C10H23NO2S. The number of rotatable bonds is 6. The summed E-state index contributed by atoms with van der Waals surface area (Å²) in [6.45, 7) is 9.69. The van der Waals surface area contributed by atoms with E-state index in [0.29, 0.717) is 0 Å². The predicted octanol–water partition coefficient (Wildman–Crippen LogP) is 2.24. The van der Waals surface area contributed by atoms with Crippen molar-refractivity contribution in [2.45, 2.75) is 59.5 Å². The van der Waals surface area contributed by atoms with Crippen molar-refractivity contribution in [3.8, 4) is 0 Å². The molecule has 86 valence electrons. The number of unbranched alkanes of at least 4 members (excludes halogenated alkanes) is 1. The molecule has 0 amide bonds. The summed E-state index contributed by atoms with van der Waals surface area (Å²) in [5.74, 6) is 0.278. The molecule has 0 aromatic heterocycles. The summed E-state index contributed by atoms with van der Waals surface area (Å²) in [7, 11) is -3.05. The van der Waals surface area contributed by atoms with E-state index in [4.69, 9.17) is 0 Å². The second-order valence-corrected chi connectivity index (χ2v) is 6.18. The van der Waals surface area contributed by atoms with Gasteiger partial charge in [0.15, 0.2) is 0 Å². The first-order valence-corrected chi connectivity index (χ1v) is 6.95. The maximum atomic E-state index is 11.9. The van der Waals surface area contributed by atoms with Gasteiger partial charge in [-0.3, -0.25) is 0 Å². The molecule has 0 atom stereocenters. The molecule has 0 bridgehead atoms. The summed E-state index contributed by atoms with van der Waals surface area (Å²) in [6.07, 6.45) is 1.67. The summed E-state index contributed by atoms with van der Waals surface area (Å²) in [6, 6.07) is 0.105. The smallest absolute Gasteiger partial charge is 0.212 e. The molecule has 0 saturated carbocycles. The summed E-state index contributed by atoms with van der Waals surface area (Å²) >= 11 is 0. The Morgan fingerprint density at radius 3 is 1.79 bits per heavy atom. The second kappa shape index (κ2) is 5.71. The lowest BCUT2D eigenvalue weighted by Gasteiger charge is -2.29. The van der Waals surface area contributed by atoms with Crippen molar-refractivity contribution in [2.24, 2.45) is 0 Å². The fraction of sp³-hybridized carbons (Fsp3) is 1.00. The van der Waals surface area contributed by atoms with Gasteiger partial charge in [0, 0.05) is 12.1 Å². The maximum Gasteiger partial charge on any atom is 0.214 e. The third-order valence-electron chi connectivity index (χ3n) is 2.09. The molecule has 0 aromatic carbocycles. The molecule has 0 spiro atoms. The van der Waals surface area contributed by atoms with Crippen molar-refractivity contribution < 1.29 is 8.42 Å². The van der Waals surface area contributed by atoms with Crippen molar-refractivity contribution in [1.82, 2.24) is 4.31 Å². The van der Waals surface area contributed by atoms with Crippen LogP contribution in [0.15, 0.2) is 0 Å². The molecule has 4 heteroatoms. The fourth-order valence-electron chi connectivity index (χ4n) is 1.67. The van der Waals surface area contributed by atoms with Gasteiger partial charge in [0.1, 0.15) is 0 Å². The van der Waals surface area contributed by atoms with Crippen LogP contribution in [0.25, 0.3) is 0 Å². The Bertz CT molecular complexity index is 237. The van der Waals surface area contributed by atoms with Crippen LogP contribution in [0.4, 0.5) is 0 Å². The number of hydrogen-bond acceptors (Lipinski definition) is 2. The van der Waals surface area contributed by atoms with E-state index in [9.17, 15) is 8.42 Å². The van der Waals surface area contributed by atoms with E-state index in [0.717, 1.165) is 12.8 Å². The van der Waals surface area contributed by atoms with E-state index < -0.39 is 10.0 Å². The molecule has 0 heterocycles. The third kappa shape index (κ3) is 3.96. The second-order valence-electron chi connectivity index (χ2n) is 4.19. The molecule has 0 N–H and O–H groups in total. The van der Waals surface area contributed by atoms with E-state index in [1.807, 2.05) is 34.6 Å². The van der Waals surface area contributed by atoms with Gasteiger partial charge in [-0.2, -0.15) is 4.31 Å². The fourth-order valence-corrected chi connectivity index (χ4v) is 3.82. The number of sulfonamides is 1. The van der Waals surface area contributed by atoms with Gasteiger partial charge in [0.25, 0.3) is 0 Å². The summed E-state index contributed by atoms with van der Waals surface area (Å²) < 4.78 is 25.4. The lowest BCUT2D eigenvalue weighted by molar-refractivity contribution is 0.302. The quantitative estimate of drug-likeness (QED) is 0.690. The van der Waals surface area contributed by atoms with Crippen molar-refractivity contribution in [1.29, 1.82) is 0 Å². The van der Waals surface area contributed by atoms with Gasteiger partial charge in [0.05, 0.1) is 5.75 Å². The first kappa shape index (κ1) is 13.9. The zero-order valence-electron chi connectivity index (χ0n) is 9.95. The maximum absolute atomic E-state index is 11.9. The summed E-state index contributed by atoms with van der Waals surface area (Å²) in [4.78, 5) is 0. The van der Waals surface area contributed by atoms with Crippen LogP contribution in [0, 0.1) is 0 Å². The van der Waals surface area contributed by atoms with E-state index in [-0.39, 0.29) is 17.8 Å². The minimum atomic E-state index is -3.05. The van der Waals surface area contributed by atoms with Gasteiger partial charge < -0.3 is 0 Å². The average molecular weight is 221 g/mol. The summed E-state index contributed by atoms with van der Waals surface area (Å²) in [5.41, 5.74) is 0. The number of nitrogens with zero attached hydrogens (tertiary/aromatic N) is 1. The molecule has 0 unspecified atom stereocenters. The molecule has 0 rings (SSSR count). The van der Waals surface area contributed by atoms with Crippen LogP contribution in [-0.2, 0) is 10.0 Å². The normalized spacial score (nSPS) is 13.1. The predicted molar refractivity (Wildman–Crippen MR) is 60.8 cm³/mol. The SMILES string of the molecule is CCCCS(=O)(=O)N(C(C)C)C(C)C. The van der Waals surface area contributed by atoms with Crippen LogP contribution in [0.3, 0.4) is 0 Å². The van der Waals surface area contributed by atoms with E-state index in [1.54, 1.807) is 4.31 Å². The Morgan fingerprint density at radius 1 is 1.07 bits per heavy atom. The van der Waals surface area contributed by atoms with Gasteiger partial charge in [-0.25, -0.2) is 8.42 Å². The van der Waals surface area contributed by atoms with Crippen LogP contribution in [0.5, 0.6) is 0 Å². The highest BCUT2D eigenvalue weighted by Crippen LogP contribution is 2.13. The Hall–Kier alpha value is -0.0900. The minimum Gasteiger partial charge on any atom is -0.212 e. The first-order valence-electron chi connectivity index (χ1n) is 5.34. The van der Waals surface area contributed by atoms with Crippen molar-refractivity contribution >= 4 is 10.0 Å². The Morgan fingerprint density at radius 2 is 1.50 bits per heavy atom. The molecule has 0 saturated heterocycles. The third-order valence-corrected chi connectivity index (χ3v) is 4.39. The van der Waals surface area contributed by atoms with Gasteiger partial charge in [-0.15, -0.1) is 0 Å². The lowest BCUT2D eigenvalue weighted by Crippen LogP contribution is -2.43. The highest BCUT2D eigenvalue weighted by Gasteiger charge is 2.26. The Balaban J connectivity index is 4.65. The van der Waals surface area contributed by atoms with Crippen LogP contribution in [-0.4, -0.2) is 30.6 Å². The molecular weight excluding hydrogens is 198 g/mol. The van der Waals surface area contributed by atoms with Gasteiger partial charge >= 0.3 is 0 Å². The van der Waals surface area contributed by atoms with Crippen LogP contribution < -0.4 is 0 Å². The highest BCUT2D eigenvalue weighted by molar-refractivity contribution is 7.89. The molecule has 0 fully saturated rings. The average Bonchev–Trinajstić information content (AvgIpc) is 1.98. The van der Waals surface area contributed by atoms with E-state index in [1.165, 1.54) is 0 Å². The standard InChI is InChI=1S/C10H23NO2S/c1-6-7-8-14(12,13)11(9(2)3)10(4)5/h9-10H,6-8H2,1-5H3. The molecule has 3 nitrogen and oxygen atoms in total. The Labute approximate surface area is 88.5 Å². The van der Waals surface area contributed by atoms with Crippen molar-refractivity contribution in [2.75, 3.05) is 5.75 Å². The van der Waals surface area contributed by atoms with E-state index >= 15 is 0 Å². The topological polar surface area (TPSA) is 37.4 Å². The monoisotopic (exact) mass is 221 g/mol. The zero-order valence-corrected chi connectivity index (χ0v) is 10.8. The summed E-state index contributed by atoms with van der Waals surface area (Å²) in [5, 5.41) is 0. The van der Waals surface area contributed by atoms with E-state index in [2.05, 4.69) is 0 Å². The molecule has 0 aliphatic rings. The molecule has 0 aliphatic carbocycles.